The first-order valence-corrected chi connectivity index (χ1v) is 4.38. The van der Waals surface area contributed by atoms with Gasteiger partial charge in [-0.05, 0) is 18.8 Å². The molecule has 11 heavy (non-hydrogen) atoms. The Morgan fingerprint density at radius 2 is 2.09 bits per heavy atom. The number of H-pyrrole nitrogens is 1. The number of aromatic amines is 1. The topological polar surface area (TPSA) is 19.7 Å². The maximum absolute atomic E-state index is 3.05. The van der Waals surface area contributed by atoms with Crippen molar-refractivity contribution >= 4 is 0 Å². The molecule has 1 aromatic heterocycles. The van der Waals surface area contributed by atoms with Crippen molar-refractivity contribution in [1.29, 1.82) is 0 Å². The maximum Gasteiger partial charge on any atom is 0.241 e. The average Bonchev–Trinajstić information content (AvgIpc) is 2.52. The molecule has 0 aliphatic carbocycles. The summed E-state index contributed by atoms with van der Waals surface area (Å²) in [4.78, 5) is 3.05. The predicted octanol–water partition coefficient (Wildman–Crippen LogP) is 1.74. The van der Waals surface area contributed by atoms with Crippen molar-refractivity contribution in [2.75, 3.05) is 0 Å². The van der Waals surface area contributed by atoms with E-state index in [1.165, 1.54) is 12.8 Å². The molecule has 2 heteroatoms. The van der Waals surface area contributed by atoms with Crippen molar-refractivity contribution in [3.05, 3.63) is 18.7 Å². The zero-order chi connectivity index (χ0) is 8.10. The Kier molecular flexibility index (Phi) is 3.14. The van der Waals surface area contributed by atoms with Gasteiger partial charge in [0, 0.05) is 0 Å². The van der Waals surface area contributed by atoms with Gasteiger partial charge >= 0.3 is 0 Å². The number of nitrogens with zero attached hydrogens (tertiary/aromatic N) is 1. The lowest BCUT2D eigenvalue weighted by molar-refractivity contribution is -0.702. The molecule has 62 valence electrons. The van der Waals surface area contributed by atoms with Gasteiger partial charge in [-0.15, -0.1) is 0 Å². The van der Waals surface area contributed by atoms with E-state index in [1.807, 2.05) is 12.5 Å². The summed E-state index contributed by atoms with van der Waals surface area (Å²) >= 11 is 0. The molecule has 1 rings (SSSR count). The lowest BCUT2D eigenvalue weighted by Crippen LogP contribution is -2.34. The predicted molar refractivity (Wildman–Crippen MR) is 45.1 cm³/mol. The first kappa shape index (κ1) is 8.31. The van der Waals surface area contributed by atoms with Crippen molar-refractivity contribution in [3.8, 4) is 0 Å². The monoisotopic (exact) mass is 153 g/mol. The van der Waals surface area contributed by atoms with E-state index in [0.29, 0.717) is 0 Å². The Morgan fingerprint density at radius 3 is 2.55 bits per heavy atom. The van der Waals surface area contributed by atoms with Crippen LogP contribution in [0.5, 0.6) is 0 Å². The third-order valence-electron chi connectivity index (χ3n) is 2.23. The second-order valence-corrected chi connectivity index (χ2v) is 2.99. The molecule has 1 aromatic rings. The molecule has 0 fully saturated rings. The van der Waals surface area contributed by atoms with E-state index in [4.69, 9.17) is 0 Å². The van der Waals surface area contributed by atoms with Crippen LogP contribution in [-0.4, -0.2) is 4.98 Å². The second kappa shape index (κ2) is 4.16. The van der Waals surface area contributed by atoms with Gasteiger partial charge in [-0.2, -0.15) is 0 Å². The standard InChI is InChI=1S/C9H16N2/c1-3-9(4-2)7-11-6-5-10-8-11/h5-6,8-9H,3-4,7H2,1-2H3/p+1. The normalized spacial score (nSPS) is 10.8. The fourth-order valence-corrected chi connectivity index (χ4v) is 1.28. The molecule has 0 spiro atoms. The van der Waals surface area contributed by atoms with Gasteiger partial charge in [0.1, 0.15) is 12.4 Å². The highest BCUT2D eigenvalue weighted by Crippen LogP contribution is 2.06. The molecule has 0 aromatic carbocycles. The van der Waals surface area contributed by atoms with Crippen LogP contribution in [0.4, 0.5) is 0 Å². The molecule has 0 radical (unpaired) electrons. The van der Waals surface area contributed by atoms with Gasteiger partial charge in [-0.1, -0.05) is 13.8 Å². The summed E-state index contributed by atoms with van der Waals surface area (Å²) in [6, 6.07) is 0. The van der Waals surface area contributed by atoms with Gasteiger partial charge in [0.15, 0.2) is 0 Å². The van der Waals surface area contributed by atoms with Crippen LogP contribution in [0.3, 0.4) is 0 Å². The van der Waals surface area contributed by atoms with Crippen LogP contribution >= 0.6 is 0 Å². The van der Waals surface area contributed by atoms with E-state index < -0.39 is 0 Å². The first-order valence-electron chi connectivity index (χ1n) is 4.38. The lowest BCUT2D eigenvalue weighted by atomic mass is 10.0. The molecule has 0 aliphatic rings. The van der Waals surface area contributed by atoms with E-state index in [2.05, 4.69) is 29.6 Å². The minimum atomic E-state index is 0.829. The highest BCUT2D eigenvalue weighted by atomic mass is 15.0. The van der Waals surface area contributed by atoms with E-state index in [9.17, 15) is 0 Å². The molecule has 0 saturated carbocycles. The van der Waals surface area contributed by atoms with Crippen LogP contribution < -0.4 is 4.57 Å². The van der Waals surface area contributed by atoms with Crippen LogP contribution in [-0.2, 0) is 6.54 Å². The van der Waals surface area contributed by atoms with Gasteiger partial charge in [-0.3, -0.25) is 4.98 Å². The Bertz CT molecular complexity index is 175. The fourth-order valence-electron chi connectivity index (χ4n) is 1.28. The lowest BCUT2D eigenvalue weighted by Gasteiger charge is -2.07. The highest BCUT2D eigenvalue weighted by Gasteiger charge is 2.06. The fraction of sp³-hybridized carbons (Fsp3) is 0.667. The summed E-state index contributed by atoms with van der Waals surface area (Å²) in [7, 11) is 0. The van der Waals surface area contributed by atoms with Gasteiger partial charge in [0.2, 0.25) is 6.33 Å². The quantitative estimate of drug-likeness (QED) is 0.636. The average molecular weight is 153 g/mol. The number of hydrogen-bond acceptors (Lipinski definition) is 0. The summed E-state index contributed by atoms with van der Waals surface area (Å²) in [5, 5.41) is 0. The van der Waals surface area contributed by atoms with E-state index in [0.717, 1.165) is 12.5 Å². The molecule has 0 aliphatic heterocycles. The zero-order valence-corrected chi connectivity index (χ0v) is 7.38. The van der Waals surface area contributed by atoms with Crippen molar-refractivity contribution in [2.45, 2.75) is 33.2 Å². The third-order valence-corrected chi connectivity index (χ3v) is 2.23. The molecular formula is C9H17N2+. The van der Waals surface area contributed by atoms with Crippen molar-refractivity contribution in [1.82, 2.24) is 4.98 Å². The van der Waals surface area contributed by atoms with Crippen LogP contribution in [0.15, 0.2) is 18.7 Å². The minimum absolute atomic E-state index is 0.829. The summed E-state index contributed by atoms with van der Waals surface area (Å²) in [6.07, 6.45) is 8.60. The first-order chi connectivity index (χ1) is 5.36. The number of rotatable bonds is 4. The van der Waals surface area contributed by atoms with Gasteiger partial charge in [0.25, 0.3) is 0 Å². The van der Waals surface area contributed by atoms with Gasteiger partial charge in [0.05, 0.1) is 6.54 Å². The molecule has 0 amide bonds. The molecule has 1 N–H and O–H groups in total. The Balaban J connectivity index is 2.41. The number of nitrogens with one attached hydrogen (secondary N) is 1. The Hall–Kier alpha value is -0.790. The van der Waals surface area contributed by atoms with E-state index in [-0.39, 0.29) is 0 Å². The Morgan fingerprint density at radius 1 is 1.36 bits per heavy atom. The molecule has 0 bridgehead atoms. The van der Waals surface area contributed by atoms with Gasteiger partial charge < -0.3 is 0 Å². The van der Waals surface area contributed by atoms with Crippen LogP contribution in [0.1, 0.15) is 26.7 Å². The van der Waals surface area contributed by atoms with Crippen LogP contribution in [0.25, 0.3) is 0 Å². The molecule has 0 saturated heterocycles. The summed E-state index contributed by atoms with van der Waals surface area (Å²) < 4.78 is 2.21. The third kappa shape index (κ3) is 2.37. The van der Waals surface area contributed by atoms with Gasteiger partial charge in [-0.25, -0.2) is 4.57 Å². The minimum Gasteiger partial charge on any atom is -0.250 e. The zero-order valence-electron chi connectivity index (χ0n) is 7.38. The second-order valence-electron chi connectivity index (χ2n) is 2.99. The summed E-state index contributed by atoms with van der Waals surface area (Å²) in [6.45, 7) is 5.65. The van der Waals surface area contributed by atoms with Crippen molar-refractivity contribution in [3.63, 3.8) is 0 Å². The SMILES string of the molecule is CCC(CC)C[n+]1cc[nH]c1. The van der Waals surface area contributed by atoms with Crippen molar-refractivity contribution in [2.24, 2.45) is 5.92 Å². The van der Waals surface area contributed by atoms with Crippen molar-refractivity contribution < 1.29 is 4.57 Å². The number of aromatic nitrogens is 2. The maximum atomic E-state index is 3.05. The van der Waals surface area contributed by atoms with E-state index >= 15 is 0 Å². The molecule has 0 atom stereocenters. The number of hydrogen-bond donors (Lipinski definition) is 1. The largest absolute Gasteiger partial charge is 0.250 e. The summed E-state index contributed by atoms with van der Waals surface area (Å²) in [5.41, 5.74) is 0. The molecule has 2 nitrogen and oxygen atoms in total. The molecule has 0 unspecified atom stereocenters. The Labute approximate surface area is 68.3 Å². The summed E-state index contributed by atoms with van der Waals surface area (Å²) in [5.74, 6) is 0.829. The molecule has 1 heterocycles. The van der Waals surface area contributed by atoms with E-state index in [1.54, 1.807) is 0 Å². The van der Waals surface area contributed by atoms with Crippen LogP contribution in [0, 0.1) is 5.92 Å². The smallest absolute Gasteiger partial charge is 0.241 e. The molecular weight excluding hydrogens is 136 g/mol. The van der Waals surface area contributed by atoms with Crippen LogP contribution in [0.2, 0.25) is 0 Å². The number of imidazole rings is 1. The highest BCUT2D eigenvalue weighted by molar-refractivity contribution is 4.57.